The van der Waals surface area contributed by atoms with Crippen molar-refractivity contribution in [1.82, 2.24) is 10.2 Å². The van der Waals surface area contributed by atoms with Crippen LogP contribution in [0.3, 0.4) is 0 Å². The van der Waals surface area contributed by atoms with Gasteiger partial charge in [-0.3, -0.25) is 14.4 Å². The molecule has 2 N–H and O–H groups in total. The highest BCUT2D eigenvalue weighted by Crippen LogP contribution is 2.29. The number of hydrogen-bond donors (Lipinski definition) is 2. The second-order valence-electron chi connectivity index (χ2n) is 8.22. The van der Waals surface area contributed by atoms with Crippen LogP contribution in [0.2, 0.25) is 0 Å². The molecule has 178 valence electrons. The Morgan fingerprint density at radius 1 is 1.09 bits per heavy atom. The SMILES string of the molecule is COc1ccc(CCNC(=O)c2ccc(NC(=O)C[C@@H]3SC(N4CCCC4)=NC3=O)cc2)cc1. The van der Waals surface area contributed by atoms with E-state index in [2.05, 4.69) is 20.5 Å². The molecule has 1 atom stereocenters. The fourth-order valence-corrected chi connectivity index (χ4v) is 4.97. The van der Waals surface area contributed by atoms with Gasteiger partial charge >= 0.3 is 0 Å². The van der Waals surface area contributed by atoms with E-state index in [0.717, 1.165) is 42.4 Å². The topological polar surface area (TPSA) is 100 Å². The molecule has 0 unspecified atom stereocenters. The molecule has 0 bridgehead atoms. The van der Waals surface area contributed by atoms with E-state index >= 15 is 0 Å². The molecule has 34 heavy (non-hydrogen) atoms. The number of thioether (sulfide) groups is 1. The largest absolute Gasteiger partial charge is 0.497 e. The van der Waals surface area contributed by atoms with Gasteiger partial charge in [0.25, 0.3) is 11.8 Å². The molecule has 0 radical (unpaired) electrons. The number of amides is 3. The molecule has 9 heteroatoms. The molecule has 4 rings (SSSR count). The summed E-state index contributed by atoms with van der Waals surface area (Å²) >= 11 is 1.38. The van der Waals surface area contributed by atoms with Crippen LogP contribution >= 0.6 is 11.8 Å². The molecule has 2 aliphatic rings. The number of benzene rings is 2. The van der Waals surface area contributed by atoms with Crippen LogP contribution in [0.1, 0.15) is 35.2 Å². The zero-order valence-electron chi connectivity index (χ0n) is 19.1. The Kier molecular flexibility index (Phi) is 7.84. The lowest BCUT2D eigenvalue weighted by atomic mass is 10.1. The predicted molar refractivity (Wildman–Crippen MR) is 133 cm³/mol. The zero-order valence-corrected chi connectivity index (χ0v) is 19.9. The van der Waals surface area contributed by atoms with Gasteiger partial charge < -0.3 is 20.3 Å². The highest BCUT2D eigenvalue weighted by atomic mass is 32.2. The van der Waals surface area contributed by atoms with Gasteiger partial charge in [0, 0.05) is 37.3 Å². The number of likely N-dealkylation sites (tertiary alicyclic amines) is 1. The molecule has 2 aliphatic heterocycles. The van der Waals surface area contributed by atoms with Crippen LogP contribution in [0.5, 0.6) is 5.75 Å². The average Bonchev–Trinajstić information content (AvgIpc) is 3.50. The van der Waals surface area contributed by atoms with Crippen LogP contribution in [-0.2, 0) is 16.0 Å². The first-order valence-corrected chi connectivity index (χ1v) is 12.2. The smallest absolute Gasteiger partial charge is 0.262 e. The molecular weight excluding hydrogens is 452 g/mol. The average molecular weight is 481 g/mol. The highest BCUT2D eigenvalue weighted by molar-refractivity contribution is 8.15. The van der Waals surface area contributed by atoms with Crippen molar-refractivity contribution in [2.75, 3.05) is 32.1 Å². The maximum absolute atomic E-state index is 12.4. The van der Waals surface area contributed by atoms with E-state index in [4.69, 9.17) is 4.74 Å². The summed E-state index contributed by atoms with van der Waals surface area (Å²) in [5.41, 5.74) is 2.20. The van der Waals surface area contributed by atoms with Crippen LogP contribution in [0.25, 0.3) is 0 Å². The molecule has 0 aromatic heterocycles. The molecule has 3 amide bonds. The Labute approximate surface area is 203 Å². The molecule has 0 aliphatic carbocycles. The second-order valence-corrected chi connectivity index (χ2v) is 9.39. The third kappa shape index (κ3) is 6.17. The normalized spacial score (nSPS) is 17.4. The van der Waals surface area contributed by atoms with Gasteiger partial charge in [-0.2, -0.15) is 4.99 Å². The van der Waals surface area contributed by atoms with Gasteiger partial charge in [-0.05, 0) is 61.2 Å². The van der Waals surface area contributed by atoms with Crippen LogP contribution in [-0.4, -0.2) is 59.8 Å². The summed E-state index contributed by atoms with van der Waals surface area (Å²) in [6.07, 6.45) is 2.99. The van der Waals surface area contributed by atoms with E-state index in [-0.39, 0.29) is 24.1 Å². The number of carbonyl (C=O) groups excluding carboxylic acids is 3. The van der Waals surface area contributed by atoms with Gasteiger partial charge in [0.1, 0.15) is 11.0 Å². The fourth-order valence-electron chi connectivity index (χ4n) is 3.85. The van der Waals surface area contributed by atoms with Crippen LogP contribution in [0, 0.1) is 0 Å². The van der Waals surface area contributed by atoms with Crippen molar-refractivity contribution >= 4 is 40.3 Å². The van der Waals surface area contributed by atoms with Crippen molar-refractivity contribution in [2.24, 2.45) is 4.99 Å². The van der Waals surface area contributed by atoms with Gasteiger partial charge in [-0.1, -0.05) is 23.9 Å². The molecular formula is C25H28N4O4S. The second kappa shape index (κ2) is 11.2. The Bertz CT molecular complexity index is 1060. The molecule has 0 spiro atoms. The Balaban J connectivity index is 1.21. The number of ether oxygens (including phenoxy) is 1. The van der Waals surface area contributed by atoms with Gasteiger partial charge in [0.05, 0.1) is 7.11 Å². The van der Waals surface area contributed by atoms with Gasteiger partial charge in [-0.15, -0.1) is 0 Å². The van der Waals surface area contributed by atoms with Crippen molar-refractivity contribution in [3.05, 3.63) is 59.7 Å². The molecule has 8 nitrogen and oxygen atoms in total. The number of amidine groups is 1. The minimum Gasteiger partial charge on any atom is -0.497 e. The van der Waals surface area contributed by atoms with E-state index in [0.29, 0.717) is 24.2 Å². The van der Waals surface area contributed by atoms with E-state index in [1.807, 2.05) is 24.3 Å². The quantitative estimate of drug-likeness (QED) is 0.602. The molecule has 2 heterocycles. The van der Waals surface area contributed by atoms with Crippen molar-refractivity contribution in [3.8, 4) is 5.75 Å². The molecule has 1 fully saturated rings. The third-order valence-corrected chi connectivity index (χ3v) is 6.98. The first-order chi connectivity index (χ1) is 16.5. The fraction of sp³-hybridized carbons (Fsp3) is 0.360. The number of aliphatic imine (C=N–C) groups is 1. The van der Waals surface area contributed by atoms with Crippen molar-refractivity contribution in [2.45, 2.75) is 30.9 Å². The number of nitrogens with zero attached hydrogens (tertiary/aromatic N) is 2. The summed E-state index contributed by atoms with van der Waals surface area (Å²) in [5.74, 6) is 0.129. The van der Waals surface area contributed by atoms with Crippen LogP contribution in [0.15, 0.2) is 53.5 Å². The molecule has 2 aromatic rings. The Morgan fingerprint density at radius 3 is 2.47 bits per heavy atom. The maximum Gasteiger partial charge on any atom is 0.262 e. The number of hydrogen-bond acceptors (Lipinski definition) is 6. The third-order valence-electron chi connectivity index (χ3n) is 5.77. The summed E-state index contributed by atoms with van der Waals surface area (Å²) in [6, 6.07) is 14.4. The lowest BCUT2D eigenvalue weighted by molar-refractivity contribution is -0.121. The minimum absolute atomic E-state index is 0.0674. The standard InChI is InChI=1S/C25H28N4O4S/c1-33-20-10-4-17(5-11-20)12-13-26-23(31)18-6-8-19(9-7-18)27-22(30)16-21-24(32)28-25(34-21)29-14-2-3-15-29/h4-11,21H,2-3,12-16H2,1H3,(H,26,31)(H,27,30)/t21-/m0/s1. The monoisotopic (exact) mass is 480 g/mol. The van der Waals surface area contributed by atoms with E-state index < -0.39 is 5.25 Å². The summed E-state index contributed by atoms with van der Waals surface area (Å²) in [4.78, 5) is 43.3. The molecule has 0 saturated carbocycles. The number of rotatable bonds is 8. The summed E-state index contributed by atoms with van der Waals surface area (Å²) < 4.78 is 5.15. The predicted octanol–water partition coefficient (Wildman–Crippen LogP) is 3.09. The maximum atomic E-state index is 12.4. The summed E-state index contributed by atoms with van der Waals surface area (Å²) in [6.45, 7) is 2.34. The zero-order chi connectivity index (χ0) is 23.9. The Morgan fingerprint density at radius 2 is 1.79 bits per heavy atom. The number of nitrogens with one attached hydrogen (secondary N) is 2. The van der Waals surface area contributed by atoms with Gasteiger partial charge in [-0.25, -0.2) is 0 Å². The minimum atomic E-state index is -0.480. The lowest BCUT2D eigenvalue weighted by Gasteiger charge is -2.16. The first-order valence-electron chi connectivity index (χ1n) is 11.4. The highest BCUT2D eigenvalue weighted by Gasteiger charge is 2.33. The van der Waals surface area contributed by atoms with Crippen molar-refractivity contribution in [1.29, 1.82) is 0 Å². The number of methoxy groups -OCH3 is 1. The van der Waals surface area contributed by atoms with Gasteiger partial charge in [0.2, 0.25) is 5.91 Å². The van der Waals surface area contributed by atoms with E-state index in [1.54, 1.807) is 31.4 Å². The summed E-state index contributed by atoms with van der Waals surface area (Å²) in [7, 11) is 1.63. The van der Waals surface area contributed by atoms with Crippen molar-refractivity contribution in [3.63, 3.8) is 0 Å². The van der Waals surface area contributed by atoms with Crippen LogP contribution < -0.4 is 15.4 Å². The van der Waals surface area contributed by atoms with E-state index in [9.17, 15) is 14.4 Å². The number of carbonyl (C=O) groups is 3. The molecule has 1 saturated heterocycles. The van der Waals surface area contributed by atoms with E-state index in [1.165, 1.54) is 11.8 Å². The van der Waals surface area contributed by atoms with Gasteiger partial charge in [0.15, 0.2) is 5.17 Å². The summed E-state index contributed by atoms with van der Waals surface area (Å²) in [5, 5.41) is 5.96. The van der Waals surface area contributed by atoms with Crippen molar-refractivity contribution < 1.29 is 19.1 Å². The Hall–Kier alpha value is -3.33. The van der Waals surface area contributed by atoms with Crippen LogP contribution in [0.4, 0.5) is 5.69 Å². The first kappa shape index (κ1) is 23.8. The number of anilines is 1. The lowest BCUT2D eigenvalue weighted by Crippen LogP contribution is -2.26. The molecule has 2 aromatic carbocycles.